The summed E-state index contributed by atoms with van der Waals surface area (Å²) < 4.78 is 43.9. The van der Waals surface area contributed by atoms with Gasteiger partial charge in [0, 0.05) is 18.0 Å². The molecular formula is C16H19F2N3O3S. The summed E-state index contributed by atoms with van der Waals surface area (Å²) in [6.45, 7) is 1.63. The Balaban J connectivity index is 2.05. The van der Waals surface area contributed by atoms with Gasteiger partial charge < -0.3 is 5.11 Å². The van der Waals surface area contributed by atoms with Crippen LogP contribution in [0.4, 0.5) is 14.5 Å². The molecule has 1 fully saturated rings. The lowest BCUT2D eigenvalue weighted by Gasteiger charge is -2.29. The maximum Gasteiger partial charge on any atom is 0.253 e. The highest BCUT2D eigenvalue weighted by Crippen LogP contribution is 2.38. The summed E-state index contributed by atoms with van der Waals surface area (Å²) in [6, 6.07) is 2.35. The molecule has 2 aliphatic rings. The predicted molar refractivity (Wildman–Crippen MR) is 91.0 cm³/mol. The van der Waals surface area contributed by atoms with E-state index in [4.69, 9.17) is 0 Å². The molecule has 0 aromatic heterocycles. The molecule has 3 N–H and O–H groups in total. The number of phenolic OH excluding ortho intramolecular Hbond substituents is 1. The van der Waals surface area contributed by atoms with Crippen LogP contribution in [0.25, 0.3) is 5.57 Å². The van der Waals surface area contributed by atoms with E-state index in [1.54, 1.807) is 6.08 Å². The van der Waals surface area contributed by atoms with Crippen LogP contribution in [0.1, 0.15) is 31.7 Å². The quantitative estimate of drug-likeness (QED) is 0.706. The lowest BCUT2D eigenvalue weighted by atomic mass is 9.90. The highest BCUT2D eigenvalue weighted by Gasteiger charge is 2.34. The molecule has 136 valence electrons. The molecule has 6 nitrogen and oxygen atoms in total. The van der Waals surface area contributed by atoms with Gasteiger partial charge in [0.15, 0.2) is 12.1 Å². The summed E-state index contributed by atoms with van der Waals surface area (Å²) >= 11 is -1.95. The van der Waals surface area contributed by atoms with Gasteiger partial charge in [-0.1, -0.05) is 19.4 Å². The summed E-state index contributed by atoms with van der Waals surface area (Å²) in [7, 11) is 0. The SMILES string of the molecule is CCCC1NC(F)CC=C1c1ccc(O)c(N2CC(=O)NS2=O)c1F. The minimum absolute atomic E-state index is 0.112. The summed E-state index contributed by atoms with van der Waals surface area (Å²) in [4.78, 5) is 11.4. The molecule has 9 heteroatoms. The summed E-state index contributed by atoms with van der Waals surface area (Å²) in [5, 5.41) is 12.8. The first-order valence-electron chi connectivity index (χ1n) is 8.03. The Morgan fingerprint density at radius 3 is 2.84 bits per heavy atom. The van der Waals surface area contributed by atoms with E-state index >= 15 is 4.39 Å². The van der Waals surface area contributed by atoms with E-state index in [0.717, 1.165) is 10.7 Å². The maximum atomic E-state index is 15.1. The molecule has 1 aromatic rings. The smallest absolute Gasteiger partial charge is 0.253 e. The van der Waals surface area contributed by atoms with Crippen molar-refractivity contribution in [3.05, 3.63) is 29.6 Å². The van der Waals surface area contributed by atoms with Gasteiger partial charge in [0.1, 0.15) is 18.0 Å². The number of anilines is 1. The third-order valence-corrected chi connectivity index (χ3v) is 5.34. The van der Waals surface area contributed by atoms with Gasteiger partial charge >= 0.3 is 0 Å². The molecule has 1 amide bonds. The average Bonchev–Trinajstić information content (AvgIpc) is 2.87. The van der Waals surface area contributed by atoms with Crippen molar-refractivity contribution >= 4 is 28.3 Å². The lowest BCUT2D eigenvalue weighted by molar-refractivity contribution is -0.117. The molecule has 1 aromatic carbocycles. The number of nitrogens with zero attached hydrogens (tertiary/aromatic N) is 1. The van der Waals surface area contributed by atoms with Crippen molar-refractivity contribution < 1.29 is 22.9 Å². The number of amides is 1. The molecule has 0 aliphatic carbocycles. The Bertz CT molecular complexity index is 756. The molecule has 25 heavy (non-hydrogen) atoms. The monoisotopic (exact) mass is 371 g/mol. The largest absolute Gasteiger partial charge is 0.506 e. The Morgan fingerprint density at radius 1 is 1.44 bits per heavy atom. The molecule has 0 saturated carbocycles. The lowest BCUT2D eigenvalue weighted by Crippen LogP contribution is -2.39. The second-order valence-corrected chi connectivity index (χ2v) is 7.12. The highest BCUT2D eigenvalue weighted by molar-refractivity contribution is 7.85. The number of benzene rings is 1. The van der Waals surface area contributed by atoms with E-state index in [-0.39, 0.29) is 30.3 Å². The van der Waals surface area contributed by atoms with Crippen LogP contribution in [0.3, 0.4) is 0 Å². The molecular weight excluding hydrogens is 352 g/mol. The van der Waals surface area contributed by atoms with Crippen molar-refractivity contribution in [1.29, 1.82) is 0 Å². The Labute approximate surface area is 146 Å². The third kappa shape index (κ3) is 3.38. The van der Waals surface area contributed by atoms with Crippen LogP contribution in [0.5, 0.6) is 5.75 Å². The standard InChI is InChI=1S/C16H19F2N3O3S/c1-2-3-11-9(5-7-13(17)19-11)10-4-6-12(22)16(15(10)18)21-8-14(23)20-25(21)24/h4-6,11,13,19,22H,2-3,7-8H2,1H3,(H,20,23). The van der Waals surface area contributed by atoms with Crippen LogP contribution in [-0.2, 0) is 16.0 Å². The van der Waals surface area contributed by atoms with E-state index in [0.29, 0.717) is 12.0 Å². The molecule has 3 rings (SSSR count). The summed E-state index contributed by atoms with van der Waals surface area (Å²) in [5.41, 5.74) is 0.494. The summed E-state index contributed by atoms with van der Waals surface area (Å²) in [6.07, 6.45) is 1.97. The van der Waals surface area contributed by atoms with Gasteiger partial charge in [0.05, 0.1) is 0 Å². The topological polar surface area (TPSA) is 81.7 Å². The van der Waals surface area contributed by atoms with Gasteiger partial charge in [-0.3, -0.25) is 19.1 Å². The van der Waals surface area contributed by atoms with Crippen molar-refractivity contribution in [2.75, 3.05) is 10.8 Å². The van der Waals surface area contributed by atoms with E-state index in [1.165, 1.54) is 12.1 Å². The molecule has 3 unspecified atom stereocenters. The fourth-order valence-electron chi connectivity index (χ4n) is 3.12. The minimum atomic E-state index is -1.95. The molecule has 0 bridgehead atoms. The first-order valence-corrected chi connectivity index (χ1v) is 9.14. The van der Waals surface area contributed by atoms with E-state index in [1.807, 2.05) is 6.92 Å². The fraction of sp³-hybridized carbons (Fsp3) is 0.438. The van der Waals surface area contributed by atoms with Crippen molar-refractivity contribution in [1.82, 2.24) is 10.0 Å². The Morgan fingerprint density at radius 2 is 2.20 bits per heavy atom. The zero-order valence-electron chi connectivity index (χ0n) is 13.6. The number of nitrogens with one attached hydrogen (secondary N) is 2. The van der Waals surface area contributed by atoms with Crippen molar-refractivity contribution in [2.45, 2.75) is 38.5 Å². The number of hydrogen-bond acceptors (Lipinski definition) is 4. The number of carbonyl (C=O) groups excluding carboxylic acids is 1. The number of aromatic hydroxyl groups is 1. The first kappa shape index (κ1) is 17.8. The maximum absolute atomic E-state index is 15.1. The van der Waals surface area contributed by atoms with Crippen LogP contribution >= 0.6 is 0 Å². The predicted octanol–water partition coefficient (Wildman–Crippen LogP) is 1.89. The number of hydrogen-bond donors (Lipinski definition) is 3. The van der Waals surface area contributed by atoms with Gasteiger partial charge in [-0.25, -0.2) is 13.0 Å². The van der Waals surface area contributed by atoms with Gasteiger partial charge in [-0.15, -0.1) is 0 Å². The normalized spacial score (nSPS) is 26.5. The minimum Gasteiger partial charge on any atom is -0.506 e. The van der Waals surface area contributed by atoms with Gasteiger partial charge in [-0.2, -0.15) is 0 Å². The number of phenols is 1. The van der Waals surface area contributed by atoms with Crippen LogP contribution < -0.4 is 14.3 Å². The van der Waals surface area contributed by atoms with Crippen molar-refractivity contribution in [2.24, 2.45) is 0 Å². The second kappa shape index (κ2) is 7.09. The third-order valence-electron chi connectivity index (χ3n) is 4.22. The fourth-order valence-corrected chi connectivity index (χ4v) is 4.07. The van der Waals surface area contributed by atoms with Gasteiger partial charge in [-0.05, 0) is 24.1 Å². The van der Waals surface area contributed by atoms with E-state index < -0.39 is 34.9 Å². The van der Waals surface area contributed by atoms with Crippen LogP contribution in [0.15, 0.2) is 18.2 Å². The van der Waals surface area contributed by atoms with Crippen molar-refractivity contribution in [3.8, 4) is 5.75 Å². The zero-order chi connectivity index (χ0) is 18.1. The first-order chi connectivity index (χ1) is 11.9. The molecule has 0 radical (unpaired) electrons. The van der Waals surface area contributed by atoms with E-state index in [9.17, 15) is 18.5 Å². The number of halogens is 2. The van der Waals surface area contributed by atoms with Crippen LogP contribution in [-0.4, -0.2) is 34.1 Å². The molecule has 0 spiro atoms. The second-order valence-electron chi connectivity index (χ2n) is 5.98. The molecule has 2 aliphatic heterocycles. The van der Waals surface area contributed by atoms with Crippen LogP contribution in [0, 0.1) is 5.82 Å². The van der Waals surface area contributed by atoms with E-state index in [2.05, 4.69) is 10.0 Å². The molecule has 1 saturated heterocycles. The average molecular weight is 371 g/mol. The number of carbonyl (C=O) groups is 1. The number of rotatable bonds is 4. The number of alkyl halides is 1. The van der Waals surface area contributed by atoms with Gasteiger partial charge in [0.2, 0.25) is 11.2 Å². The summed E-state index contributed by atoms with van der Waals surface area (Å²) in [5.74, 6) is -1.72. The molecule has 3 atom stereocenters. The zero-order valence-corrected chi connectivity index (χ0v) is 14.4. The van der Waals surface area contributed by atoms with Crippen LogP contribution in [0.2, 0.25) is 0 Å². The Kier molecular flexibility index (Phi) is 5.05. The Hall–Kier alpha value is -2.00. The van der Waals surface area contributed by atoms with Crippen molar-refractivity contribution in [3.63, 3.8) is 0 Å². The highest BCUT2D eigenvalue weighted by atomic mass is 32.2. The molecule has 2 heterocycles. The van der Waals surface area contributed by atoms with Gasteiger partial charge in [0.25, 0.3) is 5.91 Å².